The minimum Gasteiger partial charge on any atom is -0.456 e. The van der Waals surface area contributed by atoms with Gasteiger partial charge in [0, 0.05) is 50.9 Å². The Balaban J connectivity index is 1.27. The van der Waals surface area contributed by atoms with Crippen LogP contribution in [0.5, 0.6) is 0 Å². The summed E-state index contributed by atoms with van der Waals surface area (Å²) in [5, 5.41) is 2.20. The minimum atomic E-state index is -0.156. The Kier molecular flexibility index (Phi) is 11.1. The Hall–Kier alpha value is -6.98. The van der Waals surface area contributed by atoms with Crippen LogP contribution in [-0.4, -0.2) is 6.71 Å². The van der Waals surface area contributed by atoms with E-state index in [1.54, 1.807) is 0 Å². The second-order valence-corrected chi connectivity index (χ2v) is 26.0. The fourth-order valence-corrected chi connectivity index (χ4v) is 11.3. The third-order valence-electron chi connectivity index (χ3n) is 15.7. The molecule has 0 unspecified atom stereocenters. The van der Waals surface area contributed by atoms with Crippen molar-refractivity contribution in [2.45, 2.75) is 131 Å². The fourth-order valence-electron chi connectivity index (χ4n) is 11.3. The second kappa shape index (κ2) is 16.8. The molecule has 9 aromatic rings. The summed E-state index contributed by atoms with van der Waals surface area (Å²) in [5.74, 6) is 0. The maximum atomic E-state index is 7.50. The molecule has 0 radical (unpaired) electrons. The van der Waals surface area contributed by atoms with Crippen LogP contribution in [0, 0.1) is 0 Å². The maximum Gasteiger partial charge on any atom is 0.257 e. The molecule has 0 saturated heterocycles. The molecule has 4 nitrogen and oxygen atoms in total. The zero-order valence-corrected chi connectivity index (χ0v) is 45.9. The first-order chi connectivity index (χ1) is 34.4. The van der Waals surface area contributed by atoms with Crippen LogP contribution in [0.3, 0.4) is 0 Å². The van der Waals surface area contributed by atoms with E-state index in [2.05, 4.69) is 282 Å². The number of anilines is 9. The third kappa shape index (κ3) is 8.24. The Labute approximate surface area is 435 Å². The van der Waals surface area contributed by atoms with E-state index < -0.39 is 0 Å². The molecule has 0 saturated carbocycles. The lowest BCUT2D eigenvalue weighted by atomic mass is 9.33. The molecule has 0 fully saturated rings. The molecule has 0 amide bonds. The van der Waals surface area contributed by atoms with Crippen LogP contribution in [0.4, 0.5) is 51.2 Å². The van der Waals surface area contributed by atoms with Gasteiger partial charge in [-0.3, -0.25) is 0 Å². The third-order valence-corrected chi connectivity index (χ3v) is 15.7. The van der Waals surface area contributed by atoms with Crippen LogP contribution in [0.15, 0.2) is 168 Å². The monoisotopic (exact) mass is 958 g/mol. The largest absolute Gasteiger partial charge is 0.456 e. The Morgan fingerprint density at radius 1 is 0.384 bits per heavy atom. The number of nitrogens with zero attached hydrogens (tertiary/aromatic N) is 3. The maximum absolute atomic E-state index is 7.50. The van der Waals surface area contributed by atoms with Crippen LogP contribution in [0.2, 0.25) is 0 Å². The predicted octanol–water partition coefficient (Wildman–Crippen LogP) is 17.6. The summed E-state index contributed by atoms with van der Waals surface area (Å²) in [4.78, 5) is 7.53. The van der Waals surface area contributed by atoms with Gasteiger partial charge in [-0.25, -0.2) is 0 Å². The van der Waals surface area contributed by atoms with Crippen LogP contribution in [0.25, 0.3) is 21.9 Å². The smallest absolute Gasteiger partial charge is 0.257 e. The van der Waals surface area contributed by atoms with E-state index in [9.17, 15) is 0 Å². The summed E-state index contributed by atoms with van der Waals surface area (Å²) in [7, 11) is 0. The van der Waals surface area contributed by atoms with Crippen molar-refractivity contribution in [1.82, 2.24) is 0 Å². The molecule has 0 spiro atoms. The highest BCUT2D eigenvalue weighted by Gasteiger charge is 2.46. The summed E-state index contributed by atoms with van der Waals surface area (Å²) >= 11 is 0. The van der Waals surface area contributed by atoms with Crippen LogP contribution >= 0.6 is 0 Å². The number of fused-ring (bicyclic) bond motifs is 8. The van der Waals surface area contributed by atoms with E-state index in [-0.39, 0.29) is 33.8 Å². The summed E-state index contributed by atoms with van der Waals surface area (Å²) < 4.78 is 7.50. The van der Waals surface area contributed by atoms with E-state index >= 15 is 0 Å². The molecular weight excluding hydrogens is 886 g/mol. The number of hydrogen-bond donors (Lipinski definition) is 0. The molecular formula is C68H72BN3O. The first-order valence-electron chi connectivity index (χ1n) is 26.5. The van der Waals surface area contributed by atoms with Gasteiger partial charge in [-0.05, 0) is 150 Å². The van der Waals surface area contributed by atoms with Gasteiger partial charge in [0.05, 0.1) is 11.1 Å². The summed E-state index contributed by atoms with van der Waals surface area (Å²) in [5.41, 5.74) is 22.1. The SMILES string of the molecule is CC(C)(C)c1ccc(N2c3ccc(C(C)(C)C)cc3B3c4c2cccc4N(c2ccc(C(C)(C)C)cc2)c2cc(N(c4ccc(C(C)(C)C)cc4)c4ccc(C(C)(C)C)cc4)c4c(oc5ccccc54)c23)cc1. The molecule has 2 aliphatic rings. The van der Waals surface area contributed by atoms with Crippen molar-refractivity contribution in [1.29, 1.82) is 0 Å². The van der Waals surface area contributed by atoms with Crippen molar-refractivity contribution in [2.24, 2.45) is 0 Å². The van der Waals surface area contributed by atoms with Crippen molar-refractivity contribution in [3.63, 3.8) is 0 Å². The Morgan fingerprint density at radius 3 is 1.27 bits per heavy atom. The van der Waals surface area contributed by atoms with E-state index in [1.807, 2.05) is 0 Å². The summed E-state index contributed by atoms with van der Waals surface area (Å²) in [6.45, 7) is 34.3. The highest BCUT2D eigenvalue weighted by Crippen LogP contribution is 2.51. The van der Waals surface area contributed by atoms with E-state index in [0.29, 0.717) is 0 Å². The molecule has 0 bridgehead atoms. The van der Waals surface area contributed by atoms with Gasteiger partial charge in [0.1, 0.15) is 11.2 Å². The van der Waals surface area contributed by atoms with Gasteiger partial charge in [0.15, 0.2) is 0 Å². The predicted molar refractivity (Wildman–Crippen MR) is 316 cm³/mol. The van der Waals surface area contributed by atoms with Crippen LogP contribution in [0.1, 0.15) is 132 Å². The number of para-hydroxylation sites is 1. The number of furan rings is 1. The lowest BCUT2D eigenvalue weighted by Crippen LogP contribution is -2.61. The molecule has 0 N–H and O–H groups in total. The lowest BCUT2D eigenvalue weighted by molar-refractivity contribution is 0.590. The standard InChI is InChI=1S/C68H72BN3O/c1-64(2,3)43-23-32-48(33-24-43)70(49-34-25-44(26-35-49)65(4,5)6)57-42-58-62(63-60(57)52-19-16-17-22-59(52)73-63)69-53-41-47(68(13,14)15)31-40-54(53)71(50-36-27-45(28-37-50)66(7,8)9)55-20-18-21-56(61(55)69)72(58)51-38-29-46(30-39-51)67(10,11)12/h16-42H,1-15H3. The van der Waals surface area contributed by atoms with E-state index in [0.717, 1.165) is 56.1 Å². The molecule has 0 aliphatic carbocycles. The van der Waals surface area contributed by atoms with Gasteiger partial charge in [-0.1, -0.05) is 189 Å². The van der Waals surface area contributed by atoms with Crippen molar-refractivity contribution < 1.29 is 4.42 Å². The molecule has 2 aliphatic heterocycles. The van der Waals surface area contributed by atoms with E-state index in [1.165, 1.54) is 61.3 Å². The van der Waals surface area contributed by atoms with Gasteiger partial charge < -0.3 is 19.1 Å². The average molecular weight is 958 g/mol. The minimum absolute atomic E-state index is 0.00144. The van der Waals surface area contributed by atoms with Gasteiger partial charge >= 0.3 is 0 Å². The number of rotatable bonds is 5. The van der Waals surface area contributed by atoms with Crippen molar-refractivity contribution >= 4 is 96.2 Å². The first-order valence-corrected chi connectivity index (χ1v) is 26.5. The lowest BCUT2D eigenvalue weighted by Gasteiger charge is -2.45. The van der Waals surface area contributed by atoms with Gasteiger partial charge in [-0.15, -0.1) is 0 Å². The van der Waals surface area contributed by atoms with Crippen molar-refractivity contribution in [2.75, 3.05) is 14.7 Å². The molecule has 3 heterocycles. The molecule has 5 heteroatoms. The number of benzene rings is 8. The van der Waals surface area contributed by atoms with Crippen molar-refractivity contribution in [3.05, 3.63) is 192 Å². The van der Waals surface area contributed by atoms with Gasteiger partial charge in [0.2, 0.25) is 0 Å². The van der Waals surface area contributed by atoms with Gasteiger partial charge in [0.25, 0.3) is 6.71 Å². The molecule has 1 aromatic heterocycles. The number of hydrogen-bond acceptors (Lipinski definition) is 4. The normalized spacial score (nSPS) is 13.9. The Bertz CT molecular complexity index is 3510. The highest BCUT2D eigenvalue weighted by atomic mass is 16.3. The van der Waals surface area contributed by atoms with Crippen LogP contribution < -0.4 is 31.1 Å². The average Bonchev–Trinajstić information content (AvgIpc) is 3.73. The second-order valence-electron chi connectivity index (χ2n) is 26.0. The summed E-state index contributed by atoms with van der Waals surface area (Å²) in [6.07, 6.45) is 0. The van der Waals surface area contributed by atoms with Gasteiger partial charge in [-0.2, -0.15) is 0 Å². The fraction of sp³-hybridized carbons (Fsp3) is 0.294. The molecule has 73 heavy (non-hydrogen) atoms. The van der Waals surface area contributed by atoms with Crippen molar-refractivity contribution in [3.8, 4) is 0 Å². The Morgan fingerprint density at radius 2 is 0.808 bits per heavy atom. The quantitative estimate of drug-likeness (QED) is 0.160. The first kappa shape index (κ1) is 48.3. The highest BCUT2D eigenvalue weighted by molar-refractivity contribution is 7.01. The molecule has 368 valence electrons. The zero-order chi connectivity index (χ0) is 51.7. The molecule has 8 aromatic carbocycles. The summed E-state index contributed by atoms with van der Waals surface area (Å²) in [6, 6.07) is 62.4. The molecule has 11 rings (SSSR count). The van der Waals surface area contributed by atoms with Crippen LogP contribution in [-0.2, 0) is 27.1 Å². The van der Waals surface area contributed by atoms with E-state index in [4.69, 9.17) is 4.42 Å². The molecule has 0 atom stereocenters. The zero-order valence-electron chi connectivity index (χ0n) is 45.9. The topological polar surface area (TPSA) is 22.9 Å².